The maximum atomic E-state index is 5.96. The summed E-state index contributed by atoms with van der Waals surface area (Å²) in [6.07, 6.45) is 5.18. The summed E-state index contributed by atoms with van der Waals surface area (Å²) in [4.78, 5) is 4.47. The van der Waals surface area contributed by atoms with Crippen LogP contribution < -0.4 is 9.47 Å². The Bertz CT molecular complexity index is 831. The maximum Gasteiger partial charge on any atom is 0.222 e. The van der Waals surface area contributed by atoms with E-state index in [0.29, 0.717) is 11.8 Å². The van der Waals surface area contributed by atoms with Gasteiger partial charge in [-0.3, -0.25) is 0 Å². The zero-order valence-electron chi connectivity index (χ0n) is 14.6. The Morgan fingerprint density at radius 3 is 1.58 bits per heavy atom. The van der Waals surface area contributed by atoms with Gasteiger partial charge in [-0.25, -0.2) is 0 Å². The average Bonchev–Trinajstić information content (AvgIpc) is 2.66. The lowest BCUT2D eigenvalue weighted by Gasteiger charge is -2.12. The molecule has 3 aromatic rings. The van der Waals surface area contributed by atoms with Gasteiger partial charge in [0.05, 0.1) is 0 Å². The van der Waals surface area contributed by atoms with E-state index >= 15 is 0 Å². The van der Waals surface area contributed by atoms with Crippen LogP contribution in [-0.2, 0) is 12.8 Å². The van der Waals surface area contributed by atoms with Gasteiger partial charge in [-0.15, -0.1) is 13.2 Å². The SMILES string of the molecule is C=CCc1ccccc1Oc1cccc(Oc2ccccc2CC=C)n1. The van der Waals surface area contributed by atoms with Gasteiger partial charge in [-0.1, -0.05) is 54.6 Å². The van der Waals surface area contributed by atoms with Gasteiger partial charge in [-0.05, 0) is 36.1 Å². The molecule has 3 heteroatoms. The lowest BCUT2D eigenvalue weighted by atomic mass is 10.1. The quantitative estimate of drug-likeness (QED) is 0.461. The second-order valence-electron chi connectivity index (χ2n) is 5.72. The summed E-state index contributed by atoms with van der Waals surface area (Å²) in [6, 6.07) is 21.2. The van der Waals surface area contributed by atoms with Crippen molar-refractivity contribution < 1.29 is 9.47 Å². The van der Waals surface area contributed by atoms with Crippen molar-refractivity contribution in [2.24, 2.45) is 0 Å². The van der Waals surface area contributed by atoms with Gasteiger partial charge in [-0.2, -0.15) is 4.98 Å². The third-order valence-electron chi connectivity index (χ3n) is 3.80. The summed E-state index contributed by atoms with van der Waals surface area (Å²) >= 11 is 0. The molecule has 2 aromatic carbocycles. The van der Waals surface area contributed by atoms with Crippen LogP contribution in [0.15, 0.2) is 92.0 Å². The Kier molecular flexibility index (Phi) is 5.84. The molecule has 0 fully saturated rings. The van der Waals surface area contributed by atoms with Gasteiger partial charge in [0.25, 0.3) is 0 Å². The van der Waals surface area contributed by atoms with Crippen molar-refractivity contribution in [3.05, 3.63) is 103 Å². The molecule has 3 rings (SSSR count). The topological polar surface area (TPSA) is 31.4 Å². The fourth-order valence-electron chi connectivity index (χ4n) is 2.59. The first-order chi connectivity index (χ1) is 12.8. The summed E-state index contributed by atoms with van der Waals surface area (Å²) in [5, 5.41) is 0. The number of rotatable bonds is 8. The molecule has 0 aliphatic carbocycles. The van der Waals surface area contributed by atoms with Gasteiger partial charge >= 0.3 is 0 Å². The second kappa shape index (κ2) is 8.67. The van der Waals surface area contributed by atoms with Crippen LogP contribution in [-0.4, -0.2) is 4.98 Å². The highest BCUT2D eigenvalue weighted by Crippen LogP contribution is 2.28. The molecule has 0 saturated heterocycles. The van der Waals surface area contributed by atoms with Gasteiger partial charge in [0.15, 0.2) is 0 Å². The summed E-state index contributed by atoms with van der Waals surface area (Å²) in [5.74, 6) is 2.51. The van der Waals surface area contributed by atoms with Crippen molar-refractivity contribution in [1.82, 2.24) is 4.98 Å². The second-order valence-corrected chi connectivity index (χ2v) is 5.72. The number of ether oxygens (including phenoxy) is 2. The molecule has 0 aliphatic heterocycles. The minimum absolute atomic E-state index is 0.486. The molecule has 1 heterocycles. The fourth-order valence-corrected chi connectivity index (χ4v) is 2.59. The van der Waals surface area contributed by atoms with E-state index < -0.39 is 0 Å². The van der Waals surface area contributed by atoms with Crippen LogP contribution >= 0.6 is 0 Å². The first-order valence-corrected chi connectivity index (χ1v) is 8.50. The van der Waals surface area contributed by atoms with E-state index in [2.05, 4.69) is 18.1 Å². The highest BCUT2D eigenvalue weighted by molar-refractivity contribution is 5.39. The van der Waals surface area contributed by atoms with Crippen molar-refractivity contribution in [1.29, 1.82) is 0 Å². The number of para-hydroxylation sites is 2. The maximum absolute atomic E-state index is 5.96. The van der Waals surface area contributed by atoms with E-state index in [4.69, 9.17) is 9.47 Å². The molecule has 1 aromatic heterocycles. The third-order valence-corrected chi connectivity index (χ3v) is 3.80. The number of allylic oxidation sites excluding steroid dienone is 2. The summed E-state index contributed by atoms with van der Waals surface area (Å²) in [7, 11) is 0. The summed E-state index contributed by atoms with van der Waals surface area (Å²) in [5.41, 5.74) is 2.12. The van der Waals surface area contributed by atoms with Crippen LogP contribution in [0.2, 0.25) is 0 Å². The van der Waals surface area contributed by atoms with Crippen LogP contribution in [0.25, 0.3) is 0 Å². The molecular weight excluding hydrogens is 322 g/mol. The van der Waals surface area contributed by atoms with Crippen molar-refractivity contribution in [3.63, 3.8) is 0 Å². The smallest absolute Gasteiger partial charge is 0.222 e. The van der Waals surface area contributed by atoms with Gasteiger partial charge in [0.2, 0.25) is 11.8 Å². The Labute approximate surface area is 154 Å². The van der Waals surface area contributed by atoms with E-state index in [1.165, 1.54) is 0 Å². The Balaban J connectivity index is 1.81. The molecule has 26 heavy (non-hydrogen) atoms. The number of benzene rings is 2. The monoisotopic (exact) mass is 343 g/mol. The van der Waals surface area contributed by atoms with Gasteiger partial charge in [0, 0.05) is 12.1 Å². The molecule has 3 nitrogen and oxygen atoms in total. The zero-order chi connectivity index (χ0) is 18.2. The Morgan fingerprint density at radius 2 is 1.12 bits per heavy atom. The molecule has 0 radical (unpaired) electrons. The lowest BCUT2D eigenvalue weighted by molar-refractivity contribution is 0.422. The van der Waals surface area contributed by atoms with Crippen molar-refractivity contribution in [2.45, 2.75) is 12.8 Å². The molecule has 0 unspecified atom stereocenters. The largest absolute Gasteiger partial charge is 0.439 e. The number of hydrogen-bond donors (Lipinski definition) is 0. The number of pyridine rings is 1. The van der Waals surface area contributed by atoms with E-state index in [1.54, 1.807) is 0 Å². The zero-order valence-corrected chi connectivity index (χ0v) is 14.6. The van der Waals surface area contributed by atoms with Crippen LogP contribution in [0, 0.1) is 0 Å². The van der Waals surface area contributed by atoms with Crippen molar-refractivity contribution >= 4 is 0 Å². The predicted octanol–water partition coefficient (Wildman–Crippen LogP) is 6.12. The summed E-state index contributed by atoms with van der Waals surface area (Å²) < 4.78 is 11.9. The van der Waals surface area contributed by atoms with Crippen molar-refractivity contribution in [3.8, 4) is 23.3 Å². The molecular formula is C23H21NO2. The standard InChI is InChI=1S/C23H21NO2/c1-3-10-18-12-5-7-14-20(18)25-22-16-9-17-23(24-22)26-21-15-8-6-13-19(21)11-4-2/h3-9,12-17H,1-2,10-11H2. The third kappa shape index (κ3) is 4.39. The Hall–Kier alpha value is -3.33. The number of aromatic nitrogens is 1. The first kappa shape index (κ1) is 17.5. The molecule has 130 valence electrons. The fraction of sp³-hybridized carbons (Fsp3) is 0.0870. The number of hydrogen-bond acceptors (Lipinski definition) is 3. The summed E-state index contributed by atoms with van der Waals surface area (Å²) in [6.45, 7) is 7.58. The van der Waals surface area contributed by atoms with Crippen LogP contribution in [0.3, 0.4) is 0 Å². The Morgan fingerprint density at radius 1 is 0.654 bits per heavy atom. The van der Waals surface area contributed by atoms with E-state index in [1.807, 2.05) is 78.9 Å². The molecule has 0 aliphatic rings. The average molecular weight is 343 g/mol. The molecule has 0 amide bonds. The molecule has 0 saturated carbocycles. The van der Waals surface area contributed by atoms with Crippen LogP contribution in [0.1, 0.15) is 11.1 Å². The van der Waals surface area contributed by atoms with E-state index in [9.17, 15) is 0 Å². The van der Waals surface area contributed by atoms with Crippen LogP contribution in [0.4, 0.5) is 0 Å². The highest BCUT2D eigenvalue weighted by Gasteiger charge is 2.08. The first-order valence-electron chi connectivity index (χ1n) is 8.50. The minimum Gasteiger partial charge on any atom is -0.439 e. The normalized spacial score (nSPS) is 10.2. The van der Waals surface area contributed by atoms with E-state index in [0.717, 1.165) is 35.5 Å². The molecule has 0 atom stereocenters. The number of nitrogens with zero attached hydrogens (tertiary/aromatic N) is 1. The molecule has 0 spiro atoms. The van der Waals surface area contributed by atoms with Crippen LogP contribution in [0.5, 0.6) is 23.3 Å². The minimum atomic E-state index is 0.486. The highest BCUT2D eigenvalue weighted by atomic mass is 16.5. The lowest BCUT2D eigenvalue weighted by Crippen LogP contribution is -1.95. The molecule has 0 N–H and O–H groups in total. The van der Waals surface area contributed by atoms with Gasteiger partial charge < -0.3 is 9.47 Å². The van der Waals surface area contributed by atoms with Crippen molar-refractivity contribution in [2.75, 3.05) is 0 Å². The van der Waals surface area contributed by atoms with Gasteiger partial charge in [0.1, 0.15) is 11.5 Å². The van der Waals surface area contributed by atoms with E-state index in [-0.39, 0.29) is 0 Å². The predicted molar refractivity (Wildman–Crippen MR) is 105 cm³/mol. The molecule has 0 bridgehead atoms.